The second-order valence-electron chi connectivity index (χ2n) is 5.30. The molecule has 104 valence electrons. The van der Waals surface area contributed by atoms with E-state index in [9.17, 15) is 15.0 Å². The molecule has 1 unspecified atom stereocenters. The van der Waals surface area contributed by atoms with Crippen molar-refractivity contribution in [3.63, 3.8) is 0 Å². The van der Waals surface area contributed by atoms with Gasteiger partial charge in [0, 0.05) is 18.1 Å². The van der Waals surface area contributed by atoms with E-state index in [1.807, 2.05) is 0 Å². The molecule has 19 heavy (non-hydrogen) atoms. The number of Topliss-reactive ketones (excluding diaryl/α,β-unsaturated/α-hetero) is 1. The Morgan fingerprint density at radius 2 is 2.16 bits per heavy atom. The Morgan fingerprint density at radius 1 is 1.53 bits per heavy atom. The minimum Gasteiger partial charge on any atom is -0.507 e. The molecule has 0 aliphatic carbocycles. The van der Waals surface area contributed by atoms with E-state index >= 15 is 0 Å². The van der Waals surface area contributed by atoms with Crippen molar-refractivity contribution in [3.05, 3.63) is 17.2 Å². The number of methoxy groups -OCH3 is 1. The number of hydrogen-bond acceptors (Lipinski definition) is 5. The van der Waals surface area contributed by atoms with Gasteiger partial charge in [-0.2, -0.15) is 0 Å². The van der Waals surface area contributed by atoms with Gasteiger partial charge in [0.1, 0.15) is 28.9 Å². The first kappa shape index (κ1) is 13.7. The number of benzene rings is 1. The molecule has 0 radical (unpaired) electrons. The van der Waals surface area contributed by atoms with Gasteiger partial charge in [0.2, 0.25) is 0 Å². The molecule has 1 atom stereocenters. The second kappa shape index (κ2) is 4.42. The Morgan fingerprint density at radius 3 is 2.63 bits per heavy atom. The maximum atomic E-state index is 11.6. The van der Waals surface area contributed by atoms with Gasteiger partial charge < -0.3 is 19.7 Å². The summed E-state index contributed by atoms with van der Waals surface area (Å²) in [5.74, 6) is 0.327. The predicted octanol–water partition coefficient (Wildman–Crippen LogP) is 1.68. The van der Waals surface area contributed by atoms with Crippen molar-refractivity contribution in [2.24, 2.45) is 0 Å². The number of fused-ring (bicyclic) bond motifs is 1. The Bertz CT molecular complexity index is 528. The number of carbonyl (C=O) groups is 1. The zero-order valence-corrected chi connectivity index (χ0v) is 11.5. The molecule has 1 aromatic carbocycles. The SMILES string of the molecule is COc1cc(O)c(C(C)=O)c2c1CC(C(C)(C)O)O2. The maximum Gasteiger partial charge on any atom is 0.167 e. The standard InChI is InChI=1S/C14H18O5/c1-7(15)12-9(16)6-10(18-4)8-5-11(14(2,3)17)19-13(8)12/h6,11,16-17H,5H2,1-4H3. The van der Waals surface area contributed by atoms with Crippen molar-refractivity contribution < 1.29 is 24.5 Å². The highest BCUT2D eigenvalue weighted by molar-refractivity contribution is 6.00. The molecule has 2 rings (SSSR count). The number of hydrogen-bond donors (Lipinski definition) is 2. The minimum absolute atomic E-state index is 0.141. The third-order valence-corrected chi connectivity index (χ3v) is 3.33. The van der Waals surface area contributed by atoms with E-state index in [2.05, 4.69) is 0 Å². The number of aromatic hydroxyl groups is 1. The van der Waals surface area contributed by atoms with Gasteiger partial charge in [0.15, 0.2) is 5.78 Å². The summed E-state index contributed by atoms with van der Waals surface area (Å²) < 4.78 is 10.9. The van der Waals surface area contributed by atoms with Gasteiger partial charge in [0.25, 0.3) is 0 Å². The van der Waals surface area contributed by atoms with Crippen LogP contribution in [0.1, 0.15) is 36.7 Å². The van der Waals surface area contributed by atoms with Crippen LogP contribution in [0.5, 0.6) is 17.2 Å². The molecule has 1 aromatic rings. The molecular formula is C14H18O5. The summed E-state index contributed by atoms with van der Waals surface area (Å²) >= 11 is 0. The lowest BCUT2D eigenvalue weighted by molar-refractivity contribution is -0.0232. The Balaban J connectivity index is 2.57. The van der Waals surface area contributed by atoms with Crippen LogP contribution in [0.25, 0.3) is 0 Å². The first-order chi connectivity index (χ1) is 8.75. The number of ether oxygens (including phenoxy) is 2. The minimum atomic E-state index is -1.05. The molecule has 0 spiro atoms. The topological polar surface area (TPSA) is 76.0 Å². The van der Waals surface area contributed by atoms with Crippen molar-refractivity contribution >= 4 is 5.78 Å². The molecule has 0 amide bonds. The number of carbonyl (C=O) groups excluding carboxylic acids is 1. The molecule has 0 saturated heterocycles. The fourth-order valence-electron chi connectivity index (χ4n) is 2.27. The van der Waals surface area contributed by atoms with Crippen LogP contribution in [-0.4, -0.2) is 34.8 Å². The first-order valence-corrected chi connectivity index (χ1v) is 6.08. The number of ketones is 1. The second-order valence-corrected chi connectivity index (χ2v) is 5.30. The summed E-state index contributed by atoms with van der Waals surface area (Å²) in [7, 11) is 1.49. The van der Waals surface area contributed by atoms with E-state index in [0.717, 1.165) is 0 Å². The van der Waals surface area contributed by atoms with Gasteiger partial charge in [-0.25, -0.2) is 0 Å². The molecular weight excluding hydrogens is 248 g/mol. The maximum absolute atomic E-state index is 11.6. The van der Waals surface area contributed by atoms with E-state index < -0.39 is 11.7 Å². The molecule has 1 aliphatic rings. The molecule has 0 fully saturated rings. The lowest BCUT2D eigenvalue weighted by Crippen LogP contribution is -2.39. The molecule has 0 aromatic heterocycles. The van der Waals surface area contributed by atoms with Gasteiger partial charge in [-0.05, 0) is 20.8 Å². The highest BCUT2D eigenvalue weighted by atomic mass is 16.5. The van der Waals surface area contributed by atoms with E-state index in [4.69, 9.17) is 9.47 Å². The smallest absolute Gasteiger partial charge is 0.167 e. The summed E-state index contributed by atoms with van der Waals surface area (Å²) in [4.78, 5) is 11.6. The third kappa shape index (κ3) is 2.26. The first-order valence-electron chi connectivity index (χ1n) is 6.08. The van der Waals surface area contributed by atoms with E-state index in [1.54, 1.807) is 13.8 Å². The summed E-state index contributed by atoms with van der Waals surface area (Å²) in [5, 5.41) is 19.9. The van der Waals surface area contributed by atoms with Crippen molar-refractivity contribution in [1.29, 1.82) is 0 Å². The van der Waals surface area contributed by atoms with E-state index in [-0.39, 0.29) is 17.1 Å². The zero-order chi connectivity index (χ0) is 14.4. The third-order valence-electron chi connectivity index (χ3n) is 3.33. The molecule has 0 saturated carbocycles. The fraction of sp³-hybridized carbons (Fsp3) is 0.500. The van der Waals surface area contributed by atoms with Gasteiger partial charge >= 0.3 is 0 Å². The van der Waals surface area contributed by atoms with Gasteiger partial charge in [-0.3, -0.25) is 4.79 Å². The molecule has 5 heteroatoms. The molecule has 0 bridgehead atoms. The molecule has 1 heterocycles. The lowest BCUT2D eigenvalue weighted by Gasteiger charge is -2.24. The van der Waals surface area contributed by atoms with Crippen LogP contribution in [0, 0.1) is 0 Å². The quantitative estimate of drug-likeness (QED) is 0.814. The summed E-state index contributed by atoms with van der Waals surface area (Å²) in [6.45, 7) is 4.65. The van der Waals surface area contributed by atoms with Crippen LogP contribution >= 0.6 is 0 Å². The van der Waals surface area contributed by atoms with Crippen molar-refractivity contribution in [2.75, 3.05) is 7.11 Å². The molecule has 1 aliphatic heterocycles. The summed E-state index contributed by atoms with van der Waals surface area (Å²) in [5.41, 5.74) is -0.201. The van der Waals surface area contributed by atoms with Crippen LogP contribution in [0.15, 0.2) is 6.07 Å². The van der Waals surface area contributed by atoms with Gasteiger partial charge in [-0.1, -0.05) is 0 Å². The number of rotatable bonds is 3. The Kier molecular flexibility index (Phi) is 3.18. The van der Waals surface area contributed by atoms with Crippen LogP contribution in [0.4, 0.5) is 0 Å². The predicted molar refractivity (Wildman–Crippen MR) is 69.1 cm³/mol. The average molecular weight is 266 g/mol. The fourth-order valence-corrected chi connectivity index (χ4v) is 2.27. The van der Waals surface area contributed by atoms with Crippen molar-refractivity contribution in [2.45, 2.75) is 38.9 Å². The number of aliphatic hydroxyl groups is 1. The van der Waals surface area contributed by atoms with Crippen molar-refractivity contribution in [1.82, 2.24) is 0 Å². The van der Waals surface area contributed by atoms with E-state index in [1.165, 1.54) is 20.1 Å². The summed E-state index contributed by atoms with van der Waals surface area (Å²) in [6, 6.07) is 1.41. The largest absolute Gasteiger partial charge is 0.507 e. The normalized spacial score (nSPS) is 17.8. The van der Waals surface area contributed by atoms with Crippen LogP contribution in [0.3, 0.4) is 0 Å². The van der Waals surface area contributed by atoms with Crippen LogP contribution < -0.4 is 9.47 Å². The number of phenols is 1. The highest BCUT2D eigenvalue weighted by Gasteiger charge is 2.39. The lowest BCUT2D eigenvalue weighted by atomic mass is 9.95. The summed E-state index contributed by atoms with van der Waals surface area (Å²) in [6.07, 6.45) is -0.0425. The number of phenolic OH excluding ortho intramolecular Hbond substituents is 1. The Hall–Kier alpha value is -1.75. The highest BCUT2D eigenvalue weighted by Crippen LogP contribution is 2.45. The molecule has 5 nitrogen and oxygen atoms in total. The van der Waals surface area contributed by atoms with E-state index in [0.29, 0.717) is 23.5 Å². The van der Waals surface area contributed by atoms with Gasteiger partial charge in [0.05, 0.1) is 12.7 Å². The Labute approximate surface area is 111 Å². The average Bonchev–Trinajstić information content (AvgIpc) is 2.71. The van der Waals surface area contributed by atoms with Gasteiger partial charge in [-0.15, -0.1) is 0 Å². The van der Waals surface area contributed by atoms with Crippen LogP contribution in [0.2, 0.25) is 0 Å². The van der Waals surface area contributed by atoms with Crippen LogP contribution in [-0.2, 0) is 6.42 Å². The zero-order valence-electron chi connectivity index (χ0n) is 11.5. The molecule has 2 N–H and O–H groups in total. The monoisotopic (exact) mass is 266 g/mol. The van der Waals surface area contributed by atoms with Crippen molar-refractivity contribution in [3.8, 4) is 17.2 Å².